The number of nitrogens with zero attached hydrogens (tertiary/aromatic N) is 1. The molecule has 154 valence electrons. The third-order valence-electron chi connectivity index (χ3n) is 5.61. The van der Waals surface area contributed by atoms with E-state index in [9.17, 15) is 9.59 Å². The van der Waals surface area contributed by atoms with Crippen molar-refractivity contribution in [3.05, 3.63) is 89.3 Å². The second-order valence-electron chi connectivity index (χ2n) is 7.52. The molecule has 0 aliphatic heterocycles. The Labute approximate surface area is 186 Å². The zero-order valence-electron chi connectivity index (χ0n) is 16.9. The summed E-state index contributed by atoms with van der Waals surface area (Å²) >= 11 is 1.49. The minimum Gasteiger partial charge on any atom is -0.497 e. The van der Waals surface area contributed by atoms with E-state index in [1.165, 1.54) is 17.4 Å². The Morgan fingerprint density at radius 3 is 2.16 bits per heavy atom. The molecule has 0 fully saturated rings. The summed E-state index contributed by atoms with van der Waals surface area (Å²) in [6, 6.07) is 20.9. The summed E-state index contributed by atoms with van der Waals surface area (Å²) in [4.78, 5) is 32.1. The summed E-state index contributed by atoms with van der Waals surface area (Å²) < 4.78 is 11.0. The molecule has 32 heavy (non-hydrogen) atoms. The molecule has 0 saturated heterocycles. The standard InChI is InChI=1S/C26H15NO4S/c1-30-17-8-6-14(7-9-17)22-13-21-26(32-22)27-23(31-21)12-20-24(28)18-10-15-4-2-3-5-16(15)11-19(18)25(20)29/h2-13H,1H3. The lowest BCUT2D eigenvalue weighted by Crippen LogP contribution is -2.00. The second-order valence-corrected chi connectivity index (χ2v) is 8.55. The lowest BCUT2D eigenvalue weighted by Gasteiger charge is -2.00. The van der Waals surface area contributed by atoms with Crippen LogP contribution in [-0.2, 0) is 0 Å². The zero-order valence-corrected chi connectivity index (χ0v) is 17.7. The van der Waals surface area contributed by atoms with E-state index in [1.807, 2.05) is 54.6 Å². The van der Waals surface area contributed by atoms with Gasteiger partial charge >= 0.3 is 0 Å². The minimum atomic E-state index is -0.295. The van der Waals surface area contributed by atoms with Gasteiger partial charge < -0.3 is 9.15 Å². The molecule has 1 aliphatic carbocycles. The van der Waals surface area contributed by atoms with Crippen LogP contribution in [0, 0.1) is 0 Å². The van der Waals surface area contributed by atoms with E-state index < -0.39 is 0 Å². The number of thiophene rings is 1. The summed E-state index contributed by atoms with van der Waals surface area (Å²) in [5.74, 6) is 0.454. The minimum absolute atomic E-state index is 0.0830. The molecule has 0 atom stereocenters. The van der Waals surface area contributed by atoms with Crippen molar-refractivity contribution in [2.24, 2.45) is 0 Å². The molecule has 2 heterocycles. The van der Waals surface area contributed by atoms with Crippen LogP contribution in [0.25, 0.3) is 37.7 Å². The molecular formula is C26H15NO4S. The number of hydrogen-bond acceptors (Lipinski definition) is 6. The van der Waals surface area contributed by atoms with E-state index in [0.717, 1.165) is 27.0 Å². The molecule has 2 aromatic heterocycles. The number of methoxy groups -OCH3 is 1. The van der Waals surface area contributed by atoms with Crippen molar-refractivity contribution in [2.45, 2.75) is 0 Å². The van der Waals surface area contributed by atoms with Crippen LogP contribution in [-0.4, -0.2) is 23.7 Å². The van der Waals surface area contributed by atoms with Crippen molar-refractivity contribution in [3.63, 3.8) is 0 Å². The average Bonchev–Trinajstić information content (AvgIpc) is 3.45. The van der Waals surface area contributed by atoms with Crippen LogP contribution < -0.4 is 4.74 Å². The smallest absolute Gasteiger partial charge is 0.221 e. The quantitative estimate of drug-likeness (QED) is 0.249. The van der Waals surface area contributed by atoms with E-state index >= 15 is 0 Å². The lowest BCUT2D eigenvalue weighted by atomic mass is 10.0. The van der Waals surface area contributed by atoms with Gasteiger partial charge in [-0.25, -0.2) is 0 Å². The SMILES string of the molecule is COc1ccc(-c2cc3oc(C=C4C(=O)c5cc6ccccc6cc5C4=O)nc3s2)cc1. The fraction of sp³-hybridized carbons (Fsp3) is 0.0385. The number of hydrogen-bond donors (Lipinski definition) is 0. The summed E-state index contributed by atoms with van der Waals surface area (Å²) in [5.41, 5.74) is 2.59. The van der Waals surface area contributed by atoms with Crippen molar-refractivity contribution in [3.8, 4) is 16.2 Å². The van der Waals surface area contributed by atoms with Crippen LogP contribution >= 0.6 is 11.3 Å². The fourth-order valence-electron chi connectivity index (χ4n) is 3.97. The highest BCUT2D eigenvalue weighted by atomic mass is 32.1. The molecular weight excluding hydrogens is 422 g/mol. The molecule has 3 aromatic carbocycles. The first-order chi connectivity index (χ1) is 15.6. The highest BCUT2D eigenvalue weighted by Gasteiger charge is 2.34. The number of fused-ring (bicyclic) bond motifs is 3. The number of rotatable bonds is 3. The van der Waals surface area contributed by atoms with Crippen LogP contribution in [0.4, 0.5) is 0 Å². The van der Waals surface area contributed by atoms with Gasteiger partial charge in [0.25, 0.3) is 0 Å². The molecule has 5 aromatic rings. The second kappa shape index (κ2) is 7.00. The number of carbonyl (C=O) groups excluding carboxylic acids is 2. The summed E-state index contributed by atoms with van der Waals surface area (Å²) in [6.45, 7) is 0. The highest BCUT2D eigenvalue weighted by Crippen LogP contribution is 2.36. The van der Waals surface area contributed by atoms with E-state index in [2.05, 4.69) is 4.98 Å². The molecule has 0 unspecified atom stereocenters. The largest absolute Gasteiger partial charge is 0.497 e. The van der Waals surface area contributed by atoms with Crippen molar-refractivity contribution < 1.29 is 18.7 Å². The van der Waals surface area contributed by atoms with Crippen LogP contribution in [0.2, 0.25) is 0 Å². The Morgan fingerprint density at radius 1 is 0.906 bits per heavy atom. The van der Waals surface area contributed by atoms with Crippen LogP contribution in [0.5, 0.6) is 5.75 Å². The number of carbonyl (C=O) groups is 2. The number of oxazole rings is 1. The van der Waals surface area contributed by atoms with Gasteiger partial charge in [-0.05, 0) is 52.7 Å². The molecule has 5 nitrogen and oxygen atoms in total. The van der Waals surface area contributed by atoms with Gasteiger partial charge in [0, 0.05) is 28.1 Å². The predicted molar refractivity (Wildman–Crippen MR) is 124 cm³/mol. The third-order valence-corrected chi connectivity index (χ3v) is 6.67. The summed E-state index contributed by atoms with van der Waals surface area (Å²) in [5, 5.41) is 1.85. The zero-order chi connectivity index (χ0) is 21.8. The van der Waals surface area contributed by atoms with Gasteiger partial charge in [0.2, 0.25) is 5.89 Å². The normalized spacial score (nSPS) is 13.2. The van der Waals surface area contributed by atoms with Gasteiger partial charge in [0.1, 0.15) is 5.75 Å². The number of ether oxygens (including phenoxy) is 1. The van der Waals surface area contributed by atoms with Gasteiger partial charge in [-0.3, -0.25) is 9.59 Å². The Kier molecular flexibility index (Phi) is 4.10. The van der Waals surface area contributed by atoms with E-state index in [1.54, 1.807) is 19.2 Å². The highest BCUT2D eigenvalue weighted by molar-refractivity contribution is 7.21. The van der Waals surface area contributed by atoms with E-state index in [-0.39, 0.29) is 23.0 Å². The maximum atomic E-state index is 12.9. The first kappa shape index (κ1) is 18.7. The Hall–Kier alpha value is -4.03. The monoisotopic (exact) mass is 437 g/mol. The van der Waals surface area contributed by atoms with Gasteiger partial charge in [-0.15, -0.1) is 11.3 Å². The molecule has 6 rings (SSSR count). The molecule has 1 aliphatic rings. The van der Waals surface area contributed by atoms with Gasteiger partial charge in [0.05, 0.1) is 12.7 Å². The third kappa shape index (κ3) is 2.88. The van der Waals surface area contributed by atoms with Gasteiger partial charge in [0.15, 0.2) is 22.0 Å². The summed E-state index contributed by atoms with van der Waals surface area (Å²) in [6.07, 6.45) is 1.45. The van der Waals surface area contributed by atoms with Gasteiger partial charge in [-0.1, -0.05) is 24.3 Å². The van der Waals surface area contributed by atoms with Crippen LogP contribution in [0.15, 0.2) is 76.7 Å². The molecule has 0 amide bonds. The van der Waals surface area contributed by atoms with Crippen molar-refractivity contribution in [2.75, 3.05) is 7.11 Å². The summed E-state index contributed by atoms with van der Waals surface area (Å²) in [7, 11) is 1.63. The Morgan fingerprint density at radius 2 is 1.56 bits per heavy atom. The average molecular weight is 437 g/mol. The van der Waals surface area contributed by atoms with Crippen LogP contribution in [0.3, 0.4) is 0 Å². The molecule has 0 spiro atoms. The van der Waals surface area contributed by atoms with Crippen molar-refractivity contribution >= 4 is 50.2 Å². The molecule has 0 saturated carbocycles. The fourth-order valence-corrected chi connectivity index (χ4v) is 4.94. The molecule has 6 heteroatoms. The molecule has 0 N–H and O–H groups in total. The topological polar surface area (TPSA) is 69.4 Å². The van der Waals surface area contributed by atoms with E-state index in [0.29, 0.717) is 21.5 Å². The molecule has 0 radical (unpaired) electrons. The number of ketones is 2. The molecule has 0 bridgehead atoms. The van der Waals surface area contributed by atoms with Crippen LogP contribution in [0.1, 0.15) is 26.6 Å². The Bertz CT molecular complexity index is 1500. The number of aromatic nitrogens is 1. The predicted octanol–water partition coefficient (Wildman–Crippen LogP) is 6.18. The number of benzene rings is 3. The number of allylic oxidation sites excluding steroid dienone is 1. The van der Waals surface area contributed by atoms with Crippen molar-refractivity contribution in [1.82, 2.24) is 4.98 Å². The van der Waals surface area contributed by atoms with Crippen molar-refractivity contribution in [1.29, 1.82) is 0 Å². The number of Topliss-reactive ketones (excluding diaryl/α,β-unsaturated/α-hetero) is 2. The maximum absolute atomic E-state index is 12.9. The Balaban J connectivity index is 1.35. The first-order valence-electron chi connectivity index (χ1n) is 9.99. The van der Waals surface area contributed by atoms with E-state index in [4.69, 9.17) is 9.15 Å². The lowest BCUT2D eigenvalue weighted by molar-refractivity contribution is 0.0990. The van der Waals surface area contributed by atoms with Gasteiger partial charge in [-0.2, -0.15) is 4.98 Å². The maximum Gasteiger partial charge on any atom is 0.221 e. The first-order valence-corrected chi connectivity index (χ1v) is 10.8.